The lowest BCUT2D eigenvalue weighted by Crippen LogP contribution is -2.51. The number of benzene rings is 2. The Bertz CT molecular complexity index is 870. The van der Waals surface area contributed by atoms with Crippen LogP contribution in [-0.4, -0.2) is 35.3 Å². The van der Waals surface area contributed by atoms with Gasteiger partial charge in [-0.2, -0.15) is 0 Å². The number of hydrogen-bond acceptors (Lipinski definition) is 2. The van der Waals surface area contributed by atoms with Crippen molar-refractivity contribution in [2.45, 2.75) is 90.1 Å². The topological polar surface area (TPSA) is 49.4 Å². The third-order valence-electron chi connectivity index (χ3n) is 6.88. The summed E-state index contributed by atoms with van der Waals surface area (Å²) in [6, 6.07) is 18.5. The van der Waals surface area contributed by atoms with Crippen molar-refractivity contribution in [3.05, 3.63) is 71.3 Å². The zero-order valence-corrected chi connectivity index (χ0v) is 20.6. The second-order valence-electron chi connectivity index (χ2n) is 9.74. The van der Waals surface area contributed by atoms with Crippen LogP contribution in [0.5, 0.6) is 0 Å². The van der Waals surface area contributed by atoms with E-state index in [-0.39, 0.29) is 17.9 Å². The van der Waals surface area contributed by atoms with Crippen LogP contribution in [0.25, 0.3) is 0 Å². The fraction of sp³-hybridized carbons (Fsp3) is 0.517. The van der Waals surface area contributed by atoms with Crippen LogP contribution >= 0.6 is 0 Å². The van der Waals surface area contributed by atoms with Crippen LogP contribution in [-0.2, 0) is 22.4 Å². The van der Waals surface area contributed by atoms with Crippen molar-refractivity contribution >= 4 is 11.8 Å². The van der Waals surface area contributed by atoms with E-state index in [1.165, 1.54) is 30.4 Å². The normalized spacial score (nSPS) is 15.3. The van der Waals surface area contributed by atoms with Gasteiger partial charge in [0.15, 0.2) is 0 Å². The lowest BCUT2D eigenvalue weighted by atomic mass is 9.95. The summed E-state index contributed by atoms with van der Waals surface area (Å²) in [6.07, 6.45) is 7.54. The molecule has 2 aromatic carbocycles. The van der Waals surface area contributed by atoms with E-state index >= 15 is 0 Å². The fourth-order valence-corrected chi connectivity index (χ4v) is 4.60. The van der Waals surface area contributed by atoms with Gasteiger partial charge in [0.1, 0.15) is 6.04 Å². The van der Waals surface area contributed by atoms with Crippen molar-refractivity contribution in [3.63, 3.8) is 0 Å². The molecule has 1 atom stereocenters. The Morgan fingerprint density at radius 3 is 2.15 bits per heavy atom. The third-order valence-corrected chi connectivity index (χ3v) is 6.88. The summed E-state index contributed by atoms with van der Waals surface area (Å²) < 4.78 is 0. The summed E-state index contributed by atoms with van der Waals surface area (Å²) in [5, 5.41) is 3.21. The van der Waals surface area contributed by atoms with E-state index in [0.717, 1.165) is 24.8 Å². The van der Waals surface area contributed by atoms with E-state index in [9.17, 15) is 9.59 Å². The Labute approximate surface area is 199 Å². The van der Waals surface area contributed by atoms with Crippen molar-refractivity contribution < 1.29 is 9.59 Å². The van der Waals surface area contributed by atoms with Gasteiger partial charge in [0.05, 0.1) is 0 Å². The molecule has 0 saturated heterocycles. The number of aryl methyl sites for hydroxylation is 1. The molecule has 1 N–H and O–H groups in total. The molecule has 1 aliphatic rings. The first-order valence-electron chi connectivity index (χ1n) is 12.7. The van der Waals surface area contributed by atoms with E-state index in [4.69, 9.17) is 0 Å². The highest BCUT2D eigenvalue weighted by atomic mass is 16.2. The molecule has 4 nitrogen and oxygen atoms in total. The maximum atomic E-state index is 13.3. The van der Waals surface area contributed by atoms with Gasteiger partial charge in [0.2, 0.25) is 11.8 Å². The molecule has 0 spiro atoms. The molecule has 0 aromatic heterocycles. The molecule has 0 radical (unpaired) electrons. The number of carbonyl (C=O) groups is 2. The van der Waals surface area contributed by atoms with E-state index in [1.807, 2.05) is 25.1 Å². The van der Waals surface area contributed by atoms with Gasteiger partial charge in [-0.3, -0.25) is 9.59 Å². The molecule has 1 aliphatic carbocycles. The number of rotatable bonds is 10. The molecule has 2 amide bonds. The van der Waals surface area contributed by atoms with Crippen LogP contribution in [0, 0.1) is 0 Å². The van der Waals surface area contributed by atoms with Gasteiger partial charge in [0.25, 0.3) is 0 Å². The van der Waals surface area contributed by atoms with Gasteiger partial charge in [-0.1, -0.05) is 87.7 Å². The maximum Gasteiger partial charge on any atom is 0.242 e. The van der Waals surface area contributed by atoms with Crippen LogP contribution in [0.4, 0.5) is 0 Å². The molecule has 4 heteroatoms. The second-order valence-corrected chi connectivity index (χ2v) is 9.74. The Kier molecular flexibility index (Phi) is 9.53. The lowest BCUT2D eigenvalue weighted by molar-refractivity contribution is -0.140. The minimum atomic E-state index is -0.466. The molecule has 0 bridgehead atoms. The molecule has 0 unspecified atom stereocenters. The van der Waals surface area contributed by atoms with E-state index < -0.39 is 6.04 Å². The zero-order valence-electron chi connectivity index (χ0n) is 20.6. The molecule has 1 fully saturated rings. The van der Waals surface area contributed by atoms with Crippen LogP contribution in [0.15, 0.2) is 54.6 Å². The highest BCUT2D eigenvalue weighted by molar-refractivity contribution is 5.87. The summed E-state index contributed by atoms with van der Waals surface area (Å²) in [5.41, 5.74) is 3.65. The lowest BCUT2D eigenvalue weighted by Gasteiger charge is -2.31. The second kappa shape index (κ2) is 12.6. The molecule has 178 valence electrons. The van der Waals surface area contributed by atoms with Crippen LogP contribution in [0.2, 0.25) is 0 Å². The smallest absolute Gasteiger partial charge is 0.242 e. The summed E-state index contributed by atoms with van der Waals surface area (Å²) in [4.78, 5) is 28.1. The molecule has 2 aromatic rings. The first-order valence-corrected chi connectivity index (χ1v) is 12.7. The molecule has 0 aliphatic heterocycles. The Morgan fingerprint density at radius 2 is 1.52 bits per heavy atom. The molecule has 33 heavy (non-hydrogen) atoms. The van der Waals surface area contributed by atoms with Crippen LogP contribution in [0.1, 0.15) is 81.9 Å². The first-order chi connectivity index (χ1) is 15.9. The van der Waals surface area contributed by atoms with Crippen molar-refractivity contribution in [3.8, 4) is 0 Å². The van der Waals surface area contributed by atoms with Gasteiger partial charge in [-0.05, 0) is 55.2 Å². The number of carbonyl (C=O) groups excluding carboxylic acids is 2. The quantitative estimate of drug-likeness (QED) is 0.510. The van der Waals surface area contributed by atoms with Crippen molar-refractivity contribution in [1.82, 2.24) is 10.2 Å². The monoisotopic (exact) mass is 448 g/mol. The van der Waals surface area contributed by atoms with Gasteiger partial charge in [-0.25, -0.2) is 0 Å². The standard InChI is InChI=1S/C29H40N2O2/c1-22(2)26-17-14-25(15-18-26)16-19-28(32)31(21-20-24-10-6-4-7-11-24)23(3)29(33)30-27-12-8-5-9-13-27/h4,6-7,10-11,14-15,17-18,22-23,27H,5,8-9,12-13,16,19-21H2,1-3H3,(H,30,33)/t23-/m1/s1. The summed E-state index contributed by atoms with van der Waals surface area (Å²) >= 11 is 0. The first kappa shape index (κ1) is 25.0. The Hall–Kier alpha value is -2.62. The van der Waals surface area contributed by atoms with E-state index in [0.29, 0.717) is 25.3 Å². The fourth-order valence-electron chi connectivity index (χ4n) is 4.60. The average Bonchev–Trinajstić information content (AvgIpc) is 2.84. The molecular formula is C29H40N2O2. The van der Waals surface area contributed by atoms with Gasteiger partial charge in [0, 0.05) is 19.0 Å². The number of amides is 2. The van der Waals surface area contributed by atoms with Crippen molar-refractivity contribution in [2.24, 2.45) is 0 Å². The molecule has 0 heterocycles. The van der Waals surface area contributed by atoms with Crippen LogP contribution in [0.3, 0.4) is 0 Å². The van der Waals surface area contributed by atoms with Gasteiger partial charge < -0.3 is 10.2 Å². The highest BCUT2D eigenvalue weighted by Crippen LogP contribution is 2.19. The summed E-state index contributed by atoms with van der Waals surface area (Å²) in [7, 11) is 0. The molecule has 3 rings (SSSR count). The maximum absolute atomic E-state index is 13.3. The average molecular weight is 449 g/mol. The van der Waals surface area contributed by atoms with Crippen molar-refractivity contribution in [2.75, 3.05) is 6.54 Å². The van der Waals surface area contributed by atoms with Gasteiger partial charge in [-0.15, -0.1) is 0 Å². The number of nitrogens with one attached hydrogen (secondary N) is 1. The Morgan fingerprint density at radius 1 is 0.879 bits per heavy atom. The zero-order chi connectivity index (χ0) is 23.6. The largest absolute Gasteiger partial charge is 0.352 e. The molecule has 1 saturated carbocycles. The highest BCUT2D eigenvalue weighted by Gasteiger charge is 2.27. The summed E-state index contributed by atoms with van der Waals surface area (Å²) in [6.45, 7) is 6.79. The predicted octanol–water partition coefficient (Wildman–Crippen LogP) is 5.65. The Balaban J connectivity index is 1.63. The SMILES string of the molecule is CC(C)c1ccc(CCC(=O)N(CCc2ccccc2)[C@H](C)C(=O)NC2CCCCC2)cc1. The summed E-state index contributed by atoms with van der Waals surface area (Å²) in [5.74, 6) is 0.521. The van der Waals surface area contributed by atoms with Crippen molar-refractivity contribution in [1.29, 1.82) is 0 Å². The van der Waals surface area contributed by atoms with E-state index in [2.05, 4.69) is 55.6 Å². The van der Waals surface area contributed by atoms with E-state index in [1.54, 1.807) is 4.90 Å². The van der Waals surface area contributed by atoms with Crippen LogP contribution < -0.4 is 5.32 Å². The minimum absolute atomic E-state index is 0.0235. The predicted molar refractivity (Wildman–Crippen MR) is 135 cm³/mol. The number of hydrogen-bond donors (Lipinski definition) is 1. The molecular weight excluding hydrogens is 408 g/mol. The number of nitrogens with zero attached hydrogens (tertiary/aromatic N) is 1. The van der Waals surface area contributed by atoms with Gasteiger partial charge >= 0.3 is 0 Å². The minimum Gasteiger partial charge on any atom is -0.352 e. The third kappa shape index (κ3) is 7.73.